The van der Waals surface area contributed by atoms with E-state index in [2.05, 4.69) is 5.32 Å². The minimum absolute atomic E-state index is 0.179. The van der Waals surface area contributed by atoms with Gasteiger partial charge in [-0.2, -0.15) is 0 Å². The van der Waals surface area contributed by atoms with Crippen LogP contribution < -0.4 is 5.32 Å². The highest BCUT2D eigenvalue weighted by molar-refractivity contribution is 6.02. The van der Waals surface area contributed by atoms with Crippen LogP contribution in [0.5, 0.6) is 0 Å². The predicted octanol–water partition coefficient (Wildman–Crippen LogP) is 3.52. The summed E-state index contributed by atoms with van der Waals surface area (Å²) < 4.78 is 26.7. The van der Waals surface area contributed by atoms with E-state index in [1.165, 1.54) is 30.3 Å². The van der Waals surface area contributed by atoms with Crippen molar-refractivity contribution >= 4 is 23.4 Å². The molecule has 0 unspecified atom stereocenters. The summed E-state index contributed by atoms with van der Waals surface area (Å²) in [7, 11) is 0. The number of anilines is 1. The molecule has 0 bridgehead atoms. The lowest BCUT2D eigenvalue weighted by Gasteiger charge is -2.02. The second-order valence-electron chi connectivity index (χ2n) is 4.27. The number of non-ortho nitro benzene ring substituents is 1. The van der Waals surface area contributed by atoms with E-state index in [0.29, 0.717) is 0 Å². The van der Waals surface area contributed by atoms with Gasteiger partial charge in [-0.25, -0.2) is 8.78 Å². The summed E-state index contributed by atoms with van der Waals surface area (Å²) in [6.45, 7) is 0. The fourth-order valence-electron chi connectivity index (χ4n) is 1.71. The topological polar surface area (TPSA) is 72.2 Å². The summed E-state index contributed by atoms with van der Waals surface area (Å²) in [5, 5.41) is 13.0. The van der Waals surface area contributed by atoms with E-state index in [-0.39, 0.29) is 16.9 Å². The van der Waals surface area contributed by atoms with Crippen molar-refractivity contribution in [2.75, 3.05) is 5.32 Å². The lowest BCUT2D eigenvalue weighted by Crippen LogP contribution is -2.08. The molecule has 2 aromatic carbocycles. The van der Waals surface area contributed by atoms with Crippen molar-refractivity contribution in [2.24, 2.45) is 0 Å². The number of nitro benzene ring substituents is 1. The number of hydrogen-bond acceptors (Lipinski definition) is 3. The Labute approximate surface area is 124 Å². The Hall–Kier alpha value is -3.09. The standard InChI is InChI=1S/C15H10F2N2O3/c16-13-5-2-6-14(17)12(13)7-8-15(20)18-10-3-1-4-11(9-10)19(21)22/h1-9H,(H,18,20). The SMILES string of the molecule is O=C(C=Cc1c(F)cccc1F)Nc1cccc([N+](=O)[O-])c1. The van der Waals surface area contributed by atoms with Crippen LogP contribution in [0, 0.1) is 21.7 Å². The minimum Gasteiger partial charge on any atom is -0.322 e. The maximum atomic E-state index is 13.4. The number of nitrogens with one attached hydrogen (secondary N) is 1. The molecular weight excluding hydrogens is 294 g/mol. The predicted molar refractivity (Wildman–Crippen MR) is 77.1 cm³/mol. The molecule has 0 aliphatic rings. The van der Waals surface area contributed by atoms with Gasteiger partial charge in [0.25, 0.3) is 5.69 Å². The Balaban J connectivity index is 2.12. The third kappa shape index (κ3) is 3.72. The molecule has 0 aliphatic heterocycles. The first-order valence-corrected chi connectivity index (χ1v) is 6.15. The third-order valence-electron chi connectivity index (χ3n) is 2.73. The summed E-state index contributed by atoms with van der Waals surface area (Å²) in [5.74, 6) is -2.25. The monoisotopic (exact) mass is 304 g/mol. The van der Waals surface area contributed by atoms with Gasteiger partial charge in [-0.1, -0.05) is 12.1 Å². The molecule has 0 spiro atoms. The molecule has 0 heterocycles. The fourth-order valence-corrected chi connectivity index (χ4v) is 1.71. The molecule has 0 saturated heterocycles. The molecule has 0 saturated carbocycles. The van der Waals surface area contributed by atoms with Gasteiger partial charge in [0.15, 0.2) is 0 Å². The molecule has 0 aliphatic carbocycles. The van der Waals surface area contributed by atoms with Crippen molar-refractivity contribution < 1.29 is 18.5 Å². The summed E-state index contributed by atoms with van der Waals surface area (Å²) in [6, 6.07) is 8.68. The zero-order chi connectivity index (χ0) is 16.1. The Morgan fingerprint density at radius 1 is 1.14 bits per heavy atom. The van der Waals surface area contributed by atoms with Crippen molar-refractivity contribution in [1.29, 1.82) is 0 Å². The molecule has 2 aromatic rings. The van der Waals surface area contributed by atoms with Gasteiger partial charge in [0.1, 0.15) is 11.6 Å². The molecule has 2 rings (SSSR count). The largest absolute Gasteiger partial charge is 0.322 e. The van der Waals surface area contributed by atoms with Gasteiger partial charge in [-0.15, -0.1) is 0 Å². The van der Waals surface area contributed by atoms with Crippen molar-refractivity contribution in [2.45, 2.75) is 0 Å². The van der Waals surface area contributed by atoms with E-state index in [1.807, 2.05) is 0 Å². The summed E-state index contributed by atoms with van der Waals surface area (Å²) in [4.78, 5) is 21.7. The normalized spacial score (nSPS) is 10.6. The summed E-state index contributed by atoms with van der Waals surface area (Å²) in [5.41, 5.74) is -0.309. The van der Waals surface area contributed by atoms with Crippen LogP contribution >= 0.6 is 0 Å². The maximum absolute atomic E-state index is 13.4. The van der Waals surface area contributed by atoms with Gasteiger partial charge in [0.2, 0.25) is 5.91 Å². The zero-order valence-corrected chi connectivity index (χ0v) is 11.1. The highest BCUT2D eigenvalue weighted by Crippen LogP contribution is 2.17. The van der Waals surface area contributed by atoms with Crippen LogP contribution in [0.15, 0.2) is 48.5 Å². The maximum Gasteiger partial charge on any atom is 0.271 e. The molecule has 112 valence electrons. The first-order chi connectivity index (χ1) is 10.5. The van der Waals surface area contributed by atoms with Gasteiger partial charge in [-0.05, 0) is 24.3 Å². The molecule has 7 heteroatoms. The third-order valence-corrected chi connectivity index (χ3v) is 2.73. The molecule has 0 fully saturated rings. The molecule has 22 heavy (non-hydrogen) atoms. The lowest BCUT2D eigenvalue weighted by molar-refractivity contribution is -0.384. The van der Waals surface area contributed by atoms with Crippen LogP contribution in [-0.4, -0.2) is 10.8 Å². The van der Waals surface area contributed by atoms with Gasteiger partial charge in [-0.3, -0.25) is 14.9 Å². The van der Waals surface area contributed by atoms with Crippen molar-refractivity contribution in [3.05, 3.63) is 75.9 Å². The van der Waals surface area contributed by atoms with E-state index < -0.39 is 22.5 Å². The van der Waals surface area contributed by atoms with Gasteiger partial charge in [0.05, 0.1) is 4.92 Å². The van der Waals surface area contributed by atoms with Gasteiger partial charge < -0.3 is 5.32 Å². The van der Waals surface area contributed by atoms with E-state index in [9.17, 15) is 23.7 Å². The molecular formula is C15H10F2N2O3. The summed E-state index contributed by atoms with van der Waals surface area (Å²) >= 11 is 0. The van der Waals surface area contributed by atoms with Crippen molar-refractivity contribution in [1.82, 2.24) is 0 Å². The van der Waals surface area contributed by atoms with Gasteiger partial charge in [0, 0.05) is 29.5 Å². The number of hydrogen-bond donors (Lipinski definition) is 1. The number of benzene rings is 2. The van der Waals surface area contributed by atoms with E-state index in [0.717, 1.165) is 24.3 Å². The first-order valence-electron chi connectivity index (χ1n) is 6.15. The van der Waals surface area contributed by atoms with E-state index in [4.69, 9.17) is 0 Å². The molecule has 1 amide bonds. The Morgan fingerprint density at radius 3 is 2.41 bits per heavy atom. The van der Waals surface area contributed by atoms with Crippen LogP contribution in [0.1, 0.15) is 5.56 Å². The molecule has 0 radical (unpaired) electrons. The Kier molecular flexibility index (Phi) is 4.57. The second kappa shape index (κ2) is 6.57. The lowest BCUT2D eigenvalue weighted by atomic mass is 10.2. The van der Waals surface area contributed by atoms with Crippen LogP contribution in [-0.2, 0) is 4.79 Å². The highest BCUT2D eigenvalue weighted by atomic mass is 19.1. The van der Waals surface area contributed by atoms with Gasteiger partial charge >= 0.3 is 0 Å². The Morgan fingerprint density at radius 2 is 1.77 bits per heavy atom. The molecule has 5 nitrogen and oxygen atoms in total. The number of carbonyl (C=O) groups excluding carboxylic acids is 1. The quantitative estimate of drug-likeness (QED) is 0.533. The number of nitrogens with zero attached hydrogens (tertiary/aromatic N) is 1. The number of rotatable bonds is 4. The molecule has 0 atom stereocenters. The van der Waals surface area contributed by atoms with Crippen molar-refractivity contribution in [3.63, 3.8) is 0 Å². The zero-order valence-electron chi connectivity index (χ0n) is 11.1. The first kappa shape index (κ1) is 15.3. The highest BCUT2D eigenvalue weighted by Gasteiger charge is 2.08. The van der Waals surface area contributed by atoms with Crippen LogP contribution in [0.3, 0.4) is 0 Å². The minimum atomic E-state index is -0.792. The Bertz CT molecular complexity index is 740. The summed E-state index contributed by atoms with van der Waals surface area (Å²) in [6.07, 6.45) is 1.94. The average molecular weight is 304 g/mol. The van der Waals surface area contributed by atoms with Crippen molar-refractivity contribution in [3.8, 4) is 0 Å². The van der Waals surface area contributed by atoms with Crippen LogP contribution in [0.2, 0.25) is 0 Å². The average Bonchev–Trinajstić information content (AvgIpc) is 2.47. The number of halogens is 2. The number of amides is 1. The van der Waals surface area contributed by atoms with E-state index >= 15 is 0 Å². The van der Waals surface area contributed by atoms with Crippen LogP contribution in [0.25, 0.3) is 6.08 Å². The molecule has 1 N–H and O–H groups in total. The fraction of sp³-hybridized carbons (Fsp3) is 0. The smallest absolute Gasteiger partial charge is 0.271 e. The number of nitro groups is 1. The molecule has 0 aromatic heterocycles. The number of carbonyl (C=O) groups is 1. The van der Waals surface area contributed by atoms with Crippen LogP contribution in [0.4, 0.5) is 20.2 Å². The van der Waals surface area contributed by atoms with E-state index in [1.54, 1.807) is 0 Å². The second-order valence-corrected chi connectivity index (χ2v) is 4.27.